The third-order valence-electron chi connectivity index (χ3n) is 1.81. The van der Waals surface area contributed by atoms with Gasteiger partial charge in [-0.05, 0) is 19.3 Å². The van der Waals surface area contributed by atoms with Crippen LogP contribution in [0.3, 0.4) is 0 Å². The molecule has 0 aromatic heterocycles. The van der Waals surface area contributed by atoms with Crippen LogP contribution >= 0.6 is 0 Å². The standard InChI is InChI=1S/C8H19N3/c1-4-8(11-10)6(2)5-7(3)9/h5-6,8,11H,4,9-10H2,1-3H3/b7-5-. The van der Waals surface area contributed by atoms with Gasteiger partial charge in [0, 0.05) is 11.7 Å². The fraction of sp³-hybridized carbons (Fsp3) is 0.750. The van der Waals surface area contributed by atoms with E-state index in [4.69, 9.17) is 11.6 Å². The first-order valence-corrected chi connectivity index (χ1v) is 4.01. The maximum absolute atomic E-state index is 5.53. The van der Waals surface area contributed by atoms with Crippen molar-refractivity contribution in [1.29, 1.82) is 0 Å². The van der Waals surface area contributed by atoms with Gasteiger partial charge in [0.1, 0.15) is 0 Å². The van der Waals surface area contributed by atoms with Crippen LogP contribution in [0.25, 0.3) is 0 Å². The first-order chi connectivity index (χ1) is 5.11. The Morgan fingerprint density at radius 3 is 2.45 bits per heavy atom. The quantitative estimate of drug-likeness (QED) is 0.416. The molecule has 0 bridgehead atoms. The van der Waals surface area contributed by atoms with Gasteiger partial charge in [0.05, 0.1) is 0 Å². The van der Waals surface area contributed by atoms with Crippen LogP contribution in [-0.2, 0) is 0 Å². The van der Waals surface area contributed by atoms with Gasteiger partial charge in [-0.1, -0.05) is 19.9 Å². The van der Waals surface area contributed by atoms with E-state index < -0.39 is 0 Å². The van der Waals surface area contributed by atoms with Gasteiger partial charge in [0.2, 0.25) is 0 Å². The Kier molecular flexibility index (Phi) is 4.90. The smallest absolute Gasteiger partial charge is 0.0268 e. The van der Waals surface area contributed by atoms with E-state index in [0.29, 0.717) is 12.0 Å². The van der Waals surface area contributed by atoms with E-state index in [1.165, 1.54) is 0 Å². The Hall–Kier alpha value is -0.540. The molecule has 66 valence electrons. The predicted octanol–water partition coefficient (Wildman–Crippen LogP) is 0.727. The van der Waals surface area contributed by atoms with Crippen molar-refractivity contribution in [2.24, 2.45) is 17.5 Å². The van der Waals surface area contributed by atoms with E-state index in [1.54, 1.807) is 0 Å². The molecule has 0 spiro atoms. The van der Waals surface area contributed by atoms with Crippen molar-refractivity contribution < 1.29 is 0 Å². The minimum Gasteiger partial charge on any atom is -0.403 e. The lowest BCUT2D eigenvalue weighted by atomic mass is 9.99. The maximum Gasteiger partial charge on any atom is 0.0268 e. The van der Waals surface area contributed by atoms with Gasteiger partial charge in [0.15, 0.2) is 0 Å². The van der Waals surface area contributed by atoms with Gasteiger partial charge in [-0.3, -0.25) is 11.3 Å². The van der Waals surface area contributed by atoms with Gasteiger partial charge >= 0.3 is 0 Å². The summed E-state index contributed by atoms with van der Waals surface area (Å²) in [5, 5.41) is 0. The van der Waals surface area contributed by atoms with E-state index in [2.05, 4.69) is 19.3 Å². The molecule has 0 aromatic rings. The Morgan fingerprint density at radius 1 is 1.64 bits per heavy atom. The summed E-state index contributed by atoms with van der Waals surface area (Å²) in [4.78, 5) is 0. The zero-order valence-corrected chi connectivity index (χ0v) is 7.59. The van der Waals surface area contributed by atoms with Crippen molar-refractivity contribution >= 4 is 0 Å². The Bertz CT molecular complexity index is 123. The van der Waals surface area contributed by atoms with Crippen molar-refractivity contribution in [3.8, 4) is 0 Å². The molecule has 3 heteroatoms. The average molecular weight is 157 g/mol. The van der Waals surface area contributed by atoms with Crippen LogP contribution < -0.4 is 17.0 Å². The minimum absolute atomic E-state index is 0.327. The monoisotopic (exact) mass is 157 g/mol. The Morgan fingerprint density at radius 2 is 2.18 bits per heavy atom. The second-order valence-electron chi connectivity index (χ2n) is 2.95. The lowest BCUT2D eigenvalue weighted by Gasteiger charge is -2.18. The van der Waals surface area contributed by atoms with Gasteiger partial charge in [-0.25, -0.2) is 0 Å². The zero-order valence-electron chi connectivity index (χ0n) is 7.59. The predicted molar refractivity (Wildman–Crippen MR) is 48.5 cm³/mol. The fourth-order valence-electron chi connectivity index (χ4n) is 1.17. The normalized spacial score (nSPS) is 18.0. The van der Waals surface area contributed by atoms with Crippen molar-refractivity contribution in [2.75, 3.05) is 0 Å². The van der Waals surface area contributed by atoms with Crippen molar-refractivity contribution in [2.45, 2.75) is 33.2 Å². The Balaban J connectivity index is 3.98. The summed E-state index contributed by atoms with van der Waals surface area (Å²) in [6, 6.07) is 0.327. The van der Waals surface area contributed by atoms with Crippen LogP contribution in [0.5, 0.6) is 0 Å². The summed E-state index contributed by atoms with van der Waals surface area (Å²) in [5.74, 6) is 5.74. The fourth-order valence-corrected chi connectivity index (χ4v) is 1.17. The van der Waals surface area contributed by atoms with Crippen LogP contribution in [0, 0.1) is 5.92 Å². The highest BCUT2D eigenvalue weighted by Crippen LogP contribution is 2.08. The molecule has 0 fully saturated rings. The van der Waals surface area contributed by atoms with E-state index >= 15 is 0 Å². The van der Waals surface area contributed by atoms with Gasteiger partial charge in [0.25, 0.3) is 0 Å². The van der Waals surface area contributed by atoms with Crippen LogP contribution in [0.4, 0.5) is 0 Å². The number of nitrogens with two attached hydrogens (primary N) is 2. The molecule has 0 aliphatic heterocycles. The van der Waals surface area contributed by atoms with E-state index in [-0.39, 0.29) is 0 Å². The highest BCUT2D eigenvalue weighted by Gasteiger charge is 2.10. The number of hydrogen-bond donors (Lipinski definition) is 3. The summed E-state index contributed by atoms with van der Waals surface area (Å²) in [6.45, 7) is 6.09. The van der Waals surface area contributed by atoms with Crippen LogP contribution in [0.2, 0.25) is 0 Å². The van der Waals surface area contributed by atoms with Crippen molar-refractivity contribution in [1.82, 2.24) is 5.43 Å². The van der Waals surface area contributed by atoms with Crippen LogP contribution in [-0.4, -0.2) is 6.04 Å². The topological polar surface area (TPSA) is 64.1 Å². The SMILES string of the molecule is CCC(NN)C(C)/C=C(/C)N. The maximum atomic E-state index is 5.53. The Labute approximate surface area is 68.8 Å². The summed E-state index contributed by atoms with van der Waals surface area (Å²) < 4.78 is 0. The molecule has 0 saturated heterocycles. The number of nitrogens with one attached hydrogen (secondary N) is 1. The molecule has 0 heterocycles. The minimum atomic E-state index is 0.327. The van der Waals surface area contributed by atoms with Crippen LogP contribution in [0.15, 0.2) is 11.8 Å². The molecule has 0 amide bonds. The lowest BCUT2D eigenvalue weighted by Crippen LogP contribution is -2.38. The third-order valence-corrected chi connectivity index (χ3v) is 1.81. The molecule has 5 N–H and O–H groups in total. The highest BCUT2D eigenvalue weighted by atomic mass is 15.2. The molecule has 0 aliphatic carbocycles. The highest BCUT2D eigenvalue weighted by molar-refractivity contribution is 4.97. The first kappa shape index (κ1) is 10.5. The summed E-state index contributed by atoms with van der Waals surface area (Å²) in [7, 11) is 0. The van der Waals surface area contributed by atoms with Crippen molar-refractivity contribution in [3.63, 3.8) is 0 Å². The van der Waals surface area contributed by atoms with Crippen LogP contribution in [0.1, 0.15) is 27.2 Å². The lowest BCUT2D eigenvalue weighted by molar-refractivity contribution is 0.426. The van der Waals surface area contributed by atoms with E-state index in [9.17, 15) is 0 Å². The molecule has 0 saturated carbocycles. The number of hydrazine groups is 1. The largest absolute Gasteiger partial charge is 0.403 e. The number of rotatable bonds is 4. The summed E-state index contributed by atoms with van der Waals surface area (Å²) in [6.07, 6.45) is 3.04. The van der Waals surface area contributed by atoms with E-state index in [1.807, 2.05) is 13.0 Å². The molecule has 2 atom stereocenters. The third kappa shape index (κ3) is 4.01. The molecular weight excluding hydrogens is 138 g/mol. The molecular formula is C8H19N3. The molecule has 0 aromatic carbocycles. The molecule has 2 unspecified atom stereocenters. The summed E-state index contributed by atoms with van der Waals surface area (Å²) in [5.41, 5.74) is 9.14. The van der Waals surface area contributed by atoms with Gasteiger partial charge in [-0.15, -0.1) is 0 Å². The van der Waals surface area contributed by atoms with E-state index in [0.717, 1.165) is 12.1 Å². The van der Waals surface area contributed by atoms with Gasteiger partial charge in [-0.2, -0.15) is 0 Å². The zero-order chi connectivity index (χ0) is 8.85. The molecule has 0 aliphatic rings. The second-order valence-corrected chi connectivity index (χ2v) is 2.95. The number of allylic oxidation sites excluding steroid dienone is 1. The van der Waals surface area contributed by atoms with Crippen molar-refractivity contribution in [3.05, 3.63) is 11.8 Å². The summed E-state index contributed by atoms with van der Waals surface area (Å²) >= 11 is 0. The molecule has 3 nitrogen and oxygen atoms in total. The molecule has 0 rings (SSSR count). The average Bonchev–Trinajstić information content (AvgIpc) is 1.88. The molecule has 11 heavy (non-hydrogen) atoms. The van der Waals surface area contributed by atoms with Gasteiger partial charge < -0.3 is 5.73 Å². The second kappa shape index (κ2) is 5.16. The number of hydrogen-bond acceptors (Lipinski definition) is 3. The first-order valence-electron chi connectivity index (χ1n) is 4.01. The molecule has 0 radical (unpaired) electrons.